The zero-order chi connectivity index (χ0) is 15.0. The molecule has 0 spiro atoms. The SMILES string of the molecule is COc1ccc([C@@]23CCC(=O)C[C@H]2NC(C)C3)cc1OC. The molecule has 0 radical (unpaired) electrons. The number of ketones is 1. The van der Waals surface area contributed by atoms with Gasteiger partial charge >= 0.3 is 0 Å². The van der Waals surface area contributed by atoms with Crippen molar-refractivity contribution in [3.8, 4) is 11.5 Å². The molecule has 3 atom stereocenters. The van der Waals surface area contributed by atoms with Gasteiger partial charge in [-0.05, 0) is 37.5 Å². The predicted octanol–water partition coefficient (Wildman–Crippen LogP) is 2.45. The van der Waals surface area contributed by atoms with Crippen molar-refractivity contribution in [3.63, 3.8) is 0 Å². The minimum atomic E-state index is 0.0485. The number of ether oxygens (including phenoxy) is 2. The average molecular weight is 289 g/mol. The van der Waals surface area contributed by atoms with Crippen LogP contribution in [0, 0.1) is 0 Å². The van der Waals surface area contributed by atoms with Crippen molar-refractivity contribution < 1.29 is 14.3 Å². The van der Waals surface area contributed by atoms with E-state index >= 15 is 0 Å². The maximum absolute atomic E-state index is 11.8. The molecule has 0 aromatic heterocycles. The van der Waals surface area contributed by atoms with Crippen LogP contribution in [0.1, 0.15) is 38.2 Å². The number of hydrogen-bond donors (Lipinski definition) is 1. The van der Waals surface area contributed by atoms with E-state index in [1.165, 1.54) is 5.56 Å². The lowest BCUT2D eigenvalue weighted by molar-refractivity contribution is -0.121. The largest absolute Gasteiger partial charge is 0.493 e. The molecule has 4 nitrogen and oxygen atoms in total. The van der Waals surface area contributed by atoms with E-state index in [1.54, 1.807) is 14.2 Å². The quantitative estimate of drug-likeness (QED) is 0.928. The molecule has 1 saturated carbocycles. The van der Waals surface area contributed by atoms with Crippen LogP contribution < -0.4 is 14.8 Å². The summed E-state index contributed by atoms with van der Waals surface area (Å²) < 4.78 is 10.8. The molecule has 4 heteroatoms. The number of methoxy groups -OCH3 is 2. The molecular formula is C17H23NO3. The average Bonchev–Trinajstić information content (AvgIpc) is 2.82. The molecule has 0 amide bonds. The fourth-order valence-electron chi connectivity index (χ4n) is 4.08. The summed E-state index contributed by atoms with van der Waals surface area (Å²) in [7, 11) is 3.31. The van der Waals surface area contributed by atoms with Gasteiger partial charge in [-0.15, -0.1) is 0 Å². The van der Waals surface area contributed by atoms with Crippen LogP contribution in [0.25, 0.3) is 0 Å². The Bertz CT molecular complexity index is 557. The Morgan fingerprint density at radius 3 is 2.71 bits per heavy atom. The standard InChI is InChI=1S/C17H23NO3/c1-11-10-17(7-6-13(19)9-16(17)18-11)12-4-5-14(20-2)15(8-12)21-3/h4-5,8,11,16,18H,6-7,9-10H2,1-3H3/t11?,16-,17+/m1/s1. The first-order valence-corrected chi connectivity index (χ1v) is 7.59. The van der Waals surface area contributed by atoms with Gasteiger partial charge in [0.15, 0.2) is 11.5 Å². The summed E-state index contributed by atoms with van der Waals surface area (Å²) >= 11 is 0. The van der Waals surface area contributed by atoms with E-state index in [2.05, 4.69) is 24.4 Å². The van der Waals surface area contributed by atoms with E-state index < -0.39 is 0 Å². The second-order valence-electron chi connectivity index (χ2n) is 6.29. The number of nitrogens with one attached hydrogen (secondary N) is 1. The van der Waals surface area contributed by atoms with Crippen LogP contribution in [-0.4, -0.2) is 32.1 Å². The van der Waals surface area contributed by atoms with Gasteiger partial charge in [-0.1, -0.05) is 6.07 Å². The van der Waals surface area contributed by atoms with Gasteiger partial charge in [-0.3, -0.25) is 4.79 Å². The van der Waals surface area contributed by atoms with Crippen molar-refractivity contribution in [1.29, 1.82) is 0 Å². The van der Waals surface area contributed by atoms with Gasteiger partial charge in [-0.2, -0.15) is 0 Å². The van der Waals surface area contributed by atoms with E-state index in [1.807, 2.05) is 6.07 Å². The zero-order valence-corrected chi connectivity index (χ0v) is 12.9. The summed E-state index contributed by atoms with van der Waals surface area (Å²) in [6, 6.07) is 6.87. The third-order valence-corrected chi connectivity index (χ3v) is 5.06. The number of hydrogen-bond acceptors (Lipinski definition) is 4. The summed E-state index contributed by atoms with van der Waals surface area (Å²) in [4.78, 5) is 11.8. The van der Waals surface area contributed by atoms with Crippen molar-refractivity contribution >= 4 is 5.78 Å². The Morgan fingerprint density at radius 1 is 1.24 bits per heavy atom. The summed E-state index contributed by atoms with van der Waals surface area (Å²) in [5.74, 6) is 1.89. The molecular weight excluding hydrogens is 266 g/mol. The molecule has 1 aromatic carbocycles. The van der Waals surface area contributed by atoms with E-state index in [4.69, 9.17) is 9.47 Å². The van der Waals surface area contributed by atoms with Crippen LogP contribution >= 0.6 is 0 Å². The third-order valence-electron chi connectivity index (χ3n) is 5.06. The van der Waals surface area contributed by atoms with Crippen LogP contribution in [0.4, 0.5) is 0 Å². The fourth-order valence-corrected chi connectivity index (χ4v) is 4.08. The highest BCUT2D eigenvalue weighted by Gasteiger charge is 2.50. The molecule has 3 rings (SSSR count). The molecule has 1 aliphatic heterocycles. The van der Waals surface area contributed by atoms with Crippen LogP contribution in [0.3, 0.4) is 0 Å². The van der Waals surface area contributed by atoms with Gasteiger partial charge in [0.2, 0.25) is 0 Å². The third kappa shape index (κ3) is 2.31. The Balaban J connectivity index is 2.02. The fraction of sp³-hybridized carbons (Fsp3) is 0.588. The molecule has 1 aliphatic carbocycles. The first kappa shape index (κ1) is 14.4. The maximum Gasteiger partial charge on any atom is 0.161 e. The van der Waals surface area contributed by atoms with E-state index in [-0.39, 0.29) is 11.5 Å². The highest BCUT2D eigenvalue weighted by atomic mass is 16.5. The maximum atomic E-state index is 11.8. The van der Waals surface area contributed by atoms with Crippen molar-refractivity contribution in [1.82, 2.24) is 5.32 Å². The first-order chi connectivity index (χ1) is 10.1. The molecule has 2 aliphatic rings. The van der Waals surface area contributed by atoms with Gasteiger partial charge < -0.3 is 14.8 Å². The predicted molar refractivity (Wildman–Crippen MR) is 81.1 cm³/mol. The molecule has 1 saturated heterocycles. The smallest absolute Gasteiger partial charge is 0.161 e. The minimum absolute atomic E-state index is 0.0485. The van der Waals surface area contributed by atoms with E-state index in [0.717, 1.165) is 24.3 Å². The topological polar surface area (TPSA) is 47.6 Å². The van der Waals surface area contributed by atoms with Crippen LogP contribution in [0.15, 0.2) is 18.2 Å². The monoisotopic (exact) mass is 289 g/mol. The molecule has 1 N–H and O–H groups in total. The number of rotatable bonds is 3. The number of benzene rings is 1. The first-order valence-electron chi connectivity index (χ1n) is 7.59. The molecule has 114 valence electrons. The molecule has 0 bridgehead atoms. The van der Waals surface area contributed by atoms with E-state index in [9.17, 15) is 4.79 Å². The number of Topliss-reactive ketones (excluding diaryl/α,β-unsaturated/α-hetero) is 1. The van der Waals surface area contributed by atoms with Gasteiger partial charge in [0.25, 0.3) is 0 Å². The van der Waals surface area contributed by atoms with Crippen LogP contribution in [0.2, 0.25) is 0 Å². The Hall–Kier alpha value is -1.55. The van der Waals surface area contributed by atoms with Gasteiger partial charge in [0.1, 0.15) is 5.78 Å². The Labute approximate surface area is 125 Å². The summed E-state index contributed by atoms with van der Waals surface area (Å²) in [5.41, 5.74) is 1.31. The number of carbonyl (C=O) groups excluding carboxylic acids is 1. The van der Waals surface area contributed by atoms with Crippen LogP contribution in [-0.2, 0) is 10.2 Å². The van der Waals surface area contributed by atoms with E-state index in [0.29, 0.717) is 24.7 Å². The lowest BCUT2D eigenvalue weighted by Crippen LogP contribution is -2.45. The van der Waals surface area contributed by atoms with Gasteiger partial charge in [0, 0.05) is 30.3 Å². The number of carbonyl (C=O) groups is 1. The second-order valence-corrected chi connectivity index (χ2v) is 6.29. The molecule has 2 fully saturated rings. The summed E-state index contributed by atoms with van der Waals surface area (Å²) in [6.45, 7) is 2.20. The molecule has 21 heavy (non-hydrogen) atoms. The molecule has 1 aromatic rings. The summed E-state index contributed by atoms with van der Waals surface area (Å²) in [6.07, 6.45) is 3.31. The number of fused-ring (bicyclic) bond motifs is 1. The highest BCUT2D eigenvalue weighted by Crippen LogP contribution is 2.47. The highest BCUT2D eigenvalue weighted by molar-refractivity contribution is 5.81. The minimum Gasteiger partial charge on any atom is -0.493 e. The molecule has 1 heterocycles. The van der Waals surface area contributed by atoms with Crippen molar-refractivity contribution in [2.75, 3.05) is 14.2 Å². The van der Waals surface area contributed by atoms with Gasteiger partial charge in [-0.25, -0.2) is 0 Å². The van der Waals surface area contributed by atoms with Crippen molar-refractivity contribution in [3.05, 3.63) is 23.8 Å². The Kier molecular flexibility index (Phi) is 3.66. The van der Waals surface area contributed by atoms with Crippen molar-refractivity contribution in [2.24, 2.45) is 0 Å². The lowest BCUT2D eigenvalue weighted by Gasteiger charge is -2.39. The molecule has 1 unspecified atom stereocenters. The van der Waals surface area contributed by atoms with Gasteiger partial charge in [0.05, 0.1) is 14.2 Å². The summed E-state index contributed by atoms with van der Waals surface area (Å²) in [5, 5.41) is 3.60. The van der Waals surface area contributed by atoms with Crippen molar-refractivity contribution in [2.45, 2.75) is 50.1 Å². The van der Waals surface area contributed by atoms with Crippen LogP contribution in [0.5, 0.6) is 11.5 Å². The Morgan fingerprint density at radius 2 is 2.00 bits per heavy atom. The lowest BCUT2D eigenvalue weighted by atomic mass is 9.65. The zero-order valence-electron chi connectivity index (χ0n) is 12.9. The normalized spacial score (nSPS) is 31.9. The second kappa shape index (κ2) is 5.34.